The lowest BCUT2D eigenvalue weighted by atomic mass is 10.0. The van der Waals surface area contributed by atoms with Gasteiger partial charge in [-0.2, -0.15) is 0 Å². The van der Waals surface area contributed by atoms with E-state index in [1.807, 2.05) is 6.07 Å². The molecule has 6 nitrogen and oxygen atoms in total. The third kappa shape index (κ3) is 2.47. The summed E-state index contributed by atoms with van der Waals surface area (Å²) in [5.41, 5.74) is 1.27. The van der Waals surface area contributed by atoms with Crippen molar-refractivity contribution in [2.75, 3.05) is 20.3 Å². The molecule has 0 aliphatic rings. The molecule has 0 fully saturated rings. The molecule has 2 aromatic heterocycles. The van der Waals surface area contributed by atoms with Gasteiger partial charge in [0.1, 0.15) is 0 Å². The number of benzene rings is 1. The number of ether oxygens (including phenoxy) is 2. The molecule has 0 amide bonds. The molecule has 0 radical (unpaired) electrons. The van der Waals surface area contributed by atoms with Gasteiger partial charge in [0.05, 0.1) is 20.0 Å². The predicted molar refractivity (Wildman–Crippen MR) is 80.2 cm³/mol. The first-order valence-corrected chi connectivity index (χ1v) is 6.94. The van der Waals surface area contributed by atoms with Crippen molar-refractivity contribution in [2.45, 2.75) is 13.0 Å². The van der Waals surface area contributed by atoms with Gasteiger partial charge in [0.25, 0.3) is 0 Å². The molecule has 0 spiro atoms. The molecule has 0 saturated heterocycles. The number of aliphatic hydroxyl groups is 1. The van der Waals surface area contributed by atoms with Crippen molar-refractivity contribution in [3.63, 3.8) is 0 Å². The average molecular weight is 304 g/mol. The lowest BCUT2D eigenvalue weighted by Crippen LogP contribution is -2.02. The smallest absolute Gasteiger partial charge is 0.336 e. The molecule has 0 aliphatic carbocycles. The first-order valence-electron chi connectivity index (χ1n) is 6.94. The van der Waals surface area contributed by atoms with Gasteiger partial charge in [0.2, 0.25) is 5.75 Å². The molecule has 3 rings (SSSR count). The van der Waals surface area contributed by atoms with E-state index < -0.39 is 5.63 Å². The third-order valence-corrected chi connectivity index (χ3v) is 3.46. The Morgan fingerprint density at radius 2 is 2.00 bits per heavy atom. The van der Waals surface area contributed by atoms with E-state index >= 15 is 0 Å². The molecular weight excluding hydrogens is 288 g/mol. The Morgan fingerprint density at radius 1 is 1.18 bits per heavy atom. The quantitative estimate of drug-likeness (QED) is 0.556. The molecule has 6 heteroatoms. The molecule has 0 saturated carbocycles. The average Bonchev–Trinajstić information content (AvgIpc) is 2.99. The summed E-state index contributed by atoms with van der Waals surface area (Å²) in [5.74, 6) is 0.395. The zero-order valence-corrected chi connectivity index (χ0v) is 12.1. The van der Waals surface area contributed by atoms with Crippen molar-refractivity contribution in [2.24, 2.45) is 0 Å². The van der Waals surface area contributed by atoms with Crippen LogP contribution in [0.25, 0.3) is 21.9 Å². The van der Waals surface area contributed by atoms with Crippen LogP contribution in [-0.4, -0.2) is 25.4 Å². The molecule has 2 heterocycles. The SMILES string of the molecule is COc1c2occc2c(COCCCO)c2ccc(=O)oc12. The molecular formula is C16H16O6. The van der Waals surface area contributed by atoms with Crippen LogP contribution in [0.1, 0.15) is 12.0 Å². The van der Waals surface area contributed by atoms with Crippen LogP contribution in [0, 0.1) is 0 Å². The highest BCUT2D eigenvalue weighted by Gasteiger charge is 2.19. The minimum Gasteiger partial charge on any atom is -0.490 e. The molecule has 3 aromatic rings. The summed E-state index contributed by atoms with van der Waals surface area (Å²) in [6.07, 6.45) is 2.12. The Labute approximate surface area is 125 Å². The van der Waals surface area contributed by atoms with E-state index in [0.717, 1.165) is 16.3 Å². The van der Waals surface area contributed by atoms with E-state index in [0.29, 0.717) is 36.6 Å². The summed E-state index contributed by atoms with van der Waals surface area (Å²) in [6, 6.07) is 4.89. The number of furan rings is 1. The van der Waals surface area contributed by atoms with Crippen molar-refractivity contribution in [3.05, 3.63) is 40.4 Å². The van der Waals surface area contributed by atoms with Crippen molar-refractivity contribution >= 4 is 21.9 Å². The second kappa shape index (κ2) is 6.21. The van der Waals surface area contributed by atoms with Gasteiger partial charge in [-0.1, -0.05) is 0 Å². The highest BCUT2D eigenvalue weighted by atomic mass is 16.5. The van der Waals surface area contributed by atoms with Gasteiger partial charge in [-0.3, -0.25) is 0 Å². The molecule has 0 unspecified atom stereocenters. The molecule has 1 aromatic carbocycles. The largest absolute Gasteiger partial charge is 0.490 e. The Balaban J connectivity index is 2.19. The first-order chi connectivity index (χ1) is 10.8. The van der Waals surface area contributed by atoms with Crippen LogP contribution in [0.5, 0.6) is 5.75 Å². The van der Waals surface area contributed by atoms with Crippen LogP contribution in [0.15, 0.2) is 38.1 Å². The van der Waals surface area contributed by atoms with Crippen molar-refractivity contribution in [3.8, 4) is 5.75 Å². The molecule has 1 N–H and O–H groups in total. The summed E-state index contributed by atoms with van der Waals surface area (Å²) >= 11 is 0. The lowest BCUT2D eigenvalue weighted by Gasteiger charge is -2.11. The van der Waals surface area contributed by atoms with Crippen LogP contribution >= 0.6 is 0 Å². The Bertz CT molecular complexity index is 845. The molecule has 0 atom stereocenters. The van der Waals surface area contributed by atoms with Crippen molar-refractivity contribution in [1.29, 1.82) is 0 Å². The van der Waals surface area contributed by atoms with Crippen LogP contribution < -0.4 is 10.4 Å². The minimum absolute atomic E-state index is 0.0827. The number of hydrogen-bond acceptors (Lipinski definition) is 6. The monoisotopic (exact) mass is 304 g/mol. The van der Waals surface area contributed by atoms with E-state index in [1.165, 1.54) is 13.2 Å². The number of hydrogen-bond donors (Lipinski definition) is 1. The summed E-state index contributed by atoms with van der Waals surface area (Å²) in [4.78, 5) is 11.5. The van der Waals surface area contributed by atoms with Crippen molar-refractivity contribution < 1.29 is 23.4 Å². The zero-order chi connectivity index (χ0) is 15.5. The summed E-state index contributed by atoms with van der Waals surface area (Å²) in [5, 5.41) is 10.4. The summed E-state index contributed by atoms with van der Waals surface area (Å²) < 4.78 is 21.7. The number of methoxy groups -OCH3 is 1. The van der Waals surface area contributed by atoms with Crippen LogP contribution in [0.4, 0.5) is 0 Å². The van der Waals surface area contributed by atoms with E-state index in [2.05, 4.69) is 0 Å². The number of aliphatic hydroxyl groups excluding tert-OH is 1. The number of rotatable bonds is 6. The van der Waals surface area contributed by atoms with Gasteiger partial charge in [-0.25, -0.2) is 4.79 Å². The zero-order valence-electron chi connectivity index (χ0n) is 12.1. The molecule has 22 heavy (non-hydrogen) atoms. The lowest BCUT2D eigenvalue weighted by molar-refractivity contribution is 0.105. The van der Waals surface area contributed by atoms with Gasteiger partial charge in [-0.15, -0.1) is 0 Å². The maximum absolute atomic E-state index is 11.5. The maximum Gasteiger partial charge on any atom is 0.336 e. The molecule has 116 valence electrons. The van der Waals surface area contributed by atoms with E-state index in [9.17, 15) is 4.79 Å². The topological polar surface area (TPSA) is 82.0 Å². The van der Waals surface area contributed by atoms with E-state index in [4.69, 9.17) is 23.4 Å². The van der Waals surface area contributed by atoms with Crippen LogP contribution in [-0.2, 0) is 11.3 Å². The predicted octanol–water partition coefficient (Wildman–Crippen LogP) is 2.45. The highest BCUT2D eigenvalue weighted by Crippen LogP contribution is 2.38. The van der Waals surface area contributed by atoms with E-state index in [1.54, 1.807) is 12.3 Å². The second-order valence-electron chi connectivity index (χ2n) is 4.80. The first kappa shape index (κ1) is 14.6. The Kier molecular flexibility index (Phi) is 4.13. The fourth-order valence-electron chi connectivity index (χ4n) is 2.48. The van der Waals surface area contributed by atoms with Crippen molar-refractivity contribution in [1.82, 2.24) is 0 Å². The fraction of sp³-hybridized carbons (Fsp3) is 0.312. The van der Waals surface area contributed by atoms with Gasteiger partial charge in [0.15, 0.2) is 11.2 Å². The second-order valence-corrected chi connectivity index (χ2v) is 4.80. The van der Waals surface area contributed by atoms with Crippen LogP contribution in [0.2, 0.25) is 0 Å². The summed E-state index contributed by atoms with van der Waals surface area (Å²) in [6.45, 7) is 0.851. The maximum atomic E-state index is 11.5. The van der Waals surface area contributed by atoms with Gasteiger partial charge >= 0.3 is 5.63 Å². The van der Waals surface area contributed by atoms with Gasteiger partial charge in [-0.05, 0) is 18.6 Å². The third-order valence-electron chi connectivity index (χ3n) is 3.46. The molecule has 0 bridgehead atoms. The number of fused-ring (bicyclic) bond motifs is 2. The van der Waals surface area contributed by atoms with Crippen LogP contribution in [0.3, 0.4) is 0 Å². The van der Waals surface area contributed by atoms with Gasteiger partial charge < -0.3 is 23.4 Å². The highest BCUT2D eigenvalue weighted by molar-refractivity contribution is 6.03. The Hall–Kier alpha value is -2.31. The molecule has 0 aliphatic heterocycles. The minimum atomic E-state index is -0.455. The summed E-state index contributed by atoms with van der Waals surface area (Å²) in [7, 11) is 1.50. The normalized spacial score (nSPS) is 11.4. The standard InChI is InChI=1S/C16H16O6/c1-19-16-14-11(5-8-21-14)12(9-20-7-2-6-17)10-3-4-13(18)22-15(10)16/h3-5,8,17H,2,6-7,9H2,1H3. The van der Waals surface area contributed by atoms with E-state index in [-0.39, 0.29) is 6.61 Å². The Morgan fingerprint density at radius 3 is 2.77 bits per heavy atom. The fourth-order valence-corrected chi connectivity index (χ4v) is 2.48. The van der Waals surface area contributed by atoms with Gasteiger partial charge in [0, 0.05) is 35.6 Å².